The number of rotatable bonds is 5. The number of pyridine rings is 1. The summed E-state index contributed by atoms with van der Waals surface area (Å²) in [6.07, 6.45) is -0.901. The van der Waals surface area contributed by atoms with Crippen molar-refractivity contribution >= 4 is 16.0 Å². The highest BCUT2D eigenvalue weighted by Gasteiger charge is 2.39. The maximum Gasteiger partial charge on any atom is 0.416 e. The van der Waals surface area contributed by atoms with Crippen LogP contribution in [-0.2, 0) is 21.6 Å². The van der Waals surface area contributed by atoms with Gasteiger partial charge in [-0.1, -0.05) is 25.1 Å². The van der Waals surface area contributed by atoms with Gasteiger partial charge >= 0.3 is 6.18 Å². The van der Waals surface area contributed by atoms with Crippen LogP contribution >= 0.6 is 0 Å². The summed E-state index contributed by atoms with van der Waals surface area (Å²) in [6.45, 7) is 3.88. The number of aromatic nitrogens is 3. The van der Waals surface area contributed by atoms with E-state index in [9.17, 15) is 26.0 Å². The zero-order valence-corrected chi connectivity index (χ0v) is 21.6. The lowest BCUT2D eigenvalue weighted by Crippen LogP contribution is -2.32. The summed E-state index contributed by atoms with van der Waals surface area (Å²) in [6, 6.07) is 11.4. The molecule has 1 aliphatic rings. The molecule has 0 amide bonds. The van der Waals surface area contributed by atoms with Gasteiger partial charge in [-0.3, -0.25) is 4.98 Å². The van der Waals surface area contributed by atoms with E-state index in [0.29, 0.717) is 28.7 Å². The van der Waals surface area contributed by atoms with Gasteiger partial charge in [-0.05, 0) is 48.7 Å². The molecule has 39 heavy (non-hydrogen) atoms. The molecule has 0 unspecified atom stereocenters. The molecule has 0 spiro atoms. The lowest BCUT2D eigenvalue weighted by molar-refractivity contribution is -0.137. The van der Waals surface area contributed by atoms with Gasteiger partial charge in [0.15, 0.2) is 5.82 Å². The molecule has 0 saturated heterocycles. The molecule has 0 bridgehead atoms. The van der Waals surface area contributed by atoms with Crippen LogP contribution in [0.3, 0.4) is 0 Å². The number of benzene rings is 2. The molecule has 0 fully saturated rings. The highest BCUT2D eigenvalue weighted by atomic mass is 32.2. The Bertz CT molecular complexity index is 1640. The number of hydrogen-bond acceptors (Lipinski definition) is 6. The van der Waals surface area contributed by atoms with Crippen molar-refractivity contribution in [3.05, 3.63) is 95.3 Å². The number of fused-ring (bicyclic) bond motifs is 1. The normalized spacial score (nSPS) is 17.3. The van der Waals surface area contributed by atoms with Gasteiger partial charge in [-0.2, -0.15) is 13.2 Å². The second-order valence-electron chi connectivity index (χ2n) is 9.37. The Morgan fingerprint density at radius 1 is 0.949 bits per heavy atom. The van der Waals surface area contributed by atoms with Crippen molar-refractivity contribution in [2.45, 2.75) is 36.8 Å². The predicted octanol–water partition coefficient (Wildman–Crippen LogP) is 5.89. The minimum absolute atomic E-state index is 0.145. The van der Waals surface area contributed by atoms with E-state index in [2.05, 4.69) is 19.7 Å². The summed E-state index contributed by atoms with van der Waals surface area (Å²) < 4.78 is 88.0. The fourth-order valence-corrected chi connectivity index (χ4v) is 5.61. The van der Waals surface area contributed by atoms with Crippen molar-refractivity contribution in [3.8, 4) is 16.9 Å². The lowest BCUT2D eigenvalue weighted by atomic mass is 9.70. The summed E-state index contributed by atoms with van der Waals surface area (Å²) in [4.78, 5) is 11.4. The standard InChI is InChI=1S/C27H22F4N4O3S/c1-16-3-4-17(13-32-16)21-11-18(27(29,30)31)5-7-22(21)26(2)9-10-38-24-12-20(6-8-23(24)26)39(36,37)35-25-33-14-19(28)15-34-25/h3-8,11-15H,9-10H2,1-2H3,(H,33,34,35)/t26-/m0/s1. The SMILES string of the molecule is Cc1ccc(-c2cc(C(F)(F)F)ccc2[C@]2(C)CCOc3cc(S(=O)(=O)Nc4ncc(F)cn4)ccc32)cn1. The minimum Gasteiger partial charge on any atom is -0.493 e. The maximum absolute atomic E-state index is 13.7. The summed E-state index contributed by atoms with van der Waals surface area (Å²) in [5, 5.41) is 0. The quantitative estimate of drug-likeness (QED) is 0.307. The second kappa shape index (κ2) is 9.60. The molecule has 2 aromatic heterocycles. The molecular weight excluding hydrogens is 536 g/mol. The van der Waals surface area contributed by atoms with Gasteiger partial charge in [-0.15, -0.1) is 0 Å². The Hall–Kier alpha value is -4.06. The fraction of sp³-hybridized carbons (Fsp3) is 0.222. The number of halogens is 4. The zero-order valence-electron chi connectivity index (χ0n) is 20.8. The molecule has 202 valence electrons. The Balaban J connectivity index is 1.59. The van der Waals surface area contributed by atoms with Crippen LogP contribution in [0, 0.1) is 12.7 Å². The van der Waals surface area contributed by atoms with Crippen LogP contribution < -0.4 is 9.46 Å². The second-order valence-corrected chi connectivity index (χ2v) is 11.0. The number of hydrogen-bond donors (Lipinski definition) is 1. The van der Waals surface area contributed by atoms with Gasteiger partial charge < -0.3 is 4.74 Å². The first-order valence-electron chi connectivity index (χ1n) is 11.8. The number of sulfonamides is 1. The van der Waals surface area contributed by atoms with Crippen LogP contribution in [0.2, 0.25) is 0 Å². The average molecular weight is 559 g/mol. The van der Waals surface area contributed by atoms with E-state index < -0.39 is 33.0 Å². The maximum atomic E-state index is 13.7. The largest absolute Gasteiger partial charge is 0.493 e. The lowest BCUT2D eigenvalue weighted by Gasteiger charge is -2.38. The summed E-state index contributed by atoms with van der Waals surface area (Å²) in [7, 11) is -4.15. The van der Waals surface area contributed by atoms with E-state index in [-0.39, 0.29) is 23.2 Å². The van der Waals surface area contributed by atoms with Crippen molar-refractivity contribution < 1.29 is 30.7 Å². The Labute approximate surface area is 222 Å². The molecule has 7 nitrogen and oxygen atoms in total. The molecule has 1 atom stereocenters. The van der Waals surface area contributed by atoms with Gasteiger partial charge in [0.25, 0.3) is 10.0 Å². The first-order valence-corrected chi connectivity index (χ1v) is 13.3. The van der Waals surface area contributed by atoms with E-state index in [1.807, 2.05) is 6.92 Å². The number of alkyl halides is 3. The molecule has 1 N–H and O–H groups in total. The summed E-state index contributed by atoms with van der Waals surface area (Å²) >= 11 is 0. The zero-order chi connectivity index (χ0) is 28.0. The van der Waals surface area contributed by atoms with Crippen molar-refractivity contribution in [2.24, 2.45) is 0 Å². The number of nitrogens with one attached hydrogen (secondary N) is 1. The van der Waals surface area contributed by atoms with Crippen LogP contribution in [0.15, 0.2) is 72.0 Å². The van der Waals surface area contributed by atoms with E-state index in [1.54, 1.807) is 25.1 Å². The number of ether oxygens (including phenoxy) is 1. The van der Waals surface area contributed by atoms with Gasteiger partial charge in [0.2, 0.25) is 5.95 Å². The third-order valence-corrected chi connectivity index (χ3v) is 8.05. The highest BCUT2D eigenvalue weighted by molar-refractivity contribution is 7.92. The Morgan fingerprint density at radius 2 is 1.67 bits per heavy atom. The first kappa shape index (κ1) is 26.5. The molecule has 0 saturated carbocycles. The number of nitrogens with zero attached hydrogens (tertiary/aromatic N) is 3. The highest BCUT2D eigenvalue weighted by Crippen LogP contribution is 2.48. The molecule has 5 rings (SSSR count). The molecule has 12 heteroatoms. The topological polar surface area (TPSA) is 94.1 Å². The molecule has 0 aliphatic carbocycles. The predicted molar refractivity (Wildman–Crippen MR) is 135 cm³/mol. The molecule has 2 aromatic carbocycles. The molecule has 3 heterocycles. The van der Waals surface area contributed by atoms with Gasteiger partial charge in [0.1, 0.15) is 5.75 Å². The molecule has 4 aromatic rings. The Kier molecular flexibility index (Phi) is 6.53. The van der Waals surface area contributed by atoms with Gasteiger partial charge in [0, 0.05) is 34.5 Å². The van der Waals surface area contributed by atoms with E-state index >= 15 is 0 Å². The third kappa shape index (κ3) is 5.16. The molecular formula is C27H22F4N4O3S. The van der Waals surface area contributed by atoms with Crippen LogP contribution in [0.1, 0.15) is 35.7 Å². The fourth-order valence-electron chi connectivity index (χ4n) is 4.64. The van der Waals surface area contributed by atoms with Crippen molar-refractivity contribution in [3.63, 3.8) is 0 Å². The number of aryl methyl sites for hydroxylation is 1. The van der Waals surface area contributed by atoms with Crippen LogP contribution in [-0.4, -0.2) is 30.0 Å². The summed E-state index contributed by atoms with van der Waals surface area (Å²) in [5.41, 5.74) is 1.27. The van der Waals surface area contributed by atoms with Crippen LogP contribution in [0.5, 0.6) is 5.75 Å². The smallest absolute Gasteiger partial charge is 0.416 e. The van der Waals surface area contributed by atoms with E-state index in [4.69, 9.17) is 4.74 Å². The van der Waals surface area contributed by atoms with E-state index in [0.717, 1.165) is 30.2 Å². The first-order chi connectivity index (χ1) is 18.4. The number of anilines is 1. The monoisotopic (exact) mass is 558 g/mol. The minimum atomic E-state index is -4.54. The van der Waals surface area contributed by atoms with E-state index in [1.165, 1.54) is 24.4 Å². The third-order valence-electron chi connectivity index (χ3n) is 6.73. The van der Waals surface area contributed by atoms with Crippen molar-refractivity contribution in [2.75, 3.05) is 11.3 Å². The van der Waals surface area contributed by atoms with Crippen molar-refractivity contribution in [1.82, 2.24) is 15.0 Å². The van der Waals surface area contributed by atoms with Gasteiger partial charge in [-0.25, -0.2) is 27.5 Å². The van der Waals surface area contributed by atoms with Gasteiger partial charge in [0.05, 0.1) is 29.5 Å². The average Bonchev–Trinajstić information content (AvgIpc) is 2.89. The Morgan fingerprint density at radius 3 is 2.33 bits per heavy atom. The molecule has 0 radical (unpaired) electrons. The van der Waals surface area contributed by atoms with Crippen LogP contribution in [0.4, 0.5) is 23.5 Å². The molecule has 1 aliphatic heterocycles. The van der Waals surface area contributed by atoms with Crippen molar-refractivity contribution in [1.29, 1.82) is 0 Å². The van der Waals surface area contributed by atoms with Crippen LogP contribution in [0.25, 0.3) is 11.1 Å². The summed E-state index contributed by atoms with van der Waals surface area (Å²) in [5.74, 6) is -0.746.